The average Bonchev–Trinajstić information content (AvgIpc) is 2.41. The monoisotopic (exact) mass is 235 g/mol. The summed E-state index contributed by atoms with van der Waals surface area (Å²) in [7, 11) is 0. The number of carbonyl (C=O) groups excluding carboxylic acids is 1. The second-order valence-corrected chi connectivity index (χ2v) is 4.17. The highest BCUT2D eigenvalue weighted by atomic mass is 16.5. The number of nitrogens with zero attached hydrogens (tertiary/aromatic N) is 3. The predicted octanol–water partition coefficient (Wildman–Crippen LogP) is 1.15. The minimum atomic E-state index is 0.340. The van der Waals surface area contributed by atoms with Gasteiger partial charge < -0.3 is 4.74 Å². The van der Waals surface area contributed by atoms with E-state index < -0.39 is 0 Å². The first-order valence-electron chi connectivity index (χ1n) is 6.01. The lowest BCUT2D eigenvalue weighted by atomic mass is 10.1. The van der Waals surface area contributed by atoms with Crippen molar-refractivity contribution in [2.45, 2.75) is 19.3 Å². The largest absolute Gasteiger partial charge is 0.462 e. The average molecular weight is 235 g/mol. The lowest BCUT2D eigenvalue weighted by Crippen LogP contribution is -2.33. The predicted molar refractivity (Wildman–Crippen MR) is 63.2 cm³/mol. The van der Waals surface area contributed by atoms with Crippen molar-refractivity contribution < 1.29 is 9.53 Å². The molecule has 1 aromatic rings. The van der Waals surface area contributed by atoms with E-state index in [9.17, 15) is 4.79 Å². The van der Waals surface area contributed by atoms with Crippen molar-refractivity contribution in [2.24, 2.45) is 0 Å². The molecule has 0 aliphatic carbocycles. The van der Waals surface area contributed by atoms with Crippen LogP contribution in [-0.2, 0) is 0 Å². The van der Waals surface area contributed by atoms with Crippen LogP contribution in [-0.4, -0.2) is 47.4 Å². The third kappa shape index (κ3) is 3.78. The van der Waals surface area contributed by atoms with E-state index in [4.69, 9.17) is 4.74 Å². The van der Waals surface area contributed by atoms with E-state index in [0.29, 0.717) is 18.2 Å². The smallest absolute Gasteiger partial charge is 0.316 e. The fourth-order valence-corrected chi connectivity index (χ4v) is 1.91. The molecule has 0 bridgehead atoms. The Morgan fingerprint density at radius 1 is 1.24 bits per heavy atom. The molecule has 5 nitrogen and oxygen atoms in total. The van der Waals surface area contributed by atoms with Gasteiger partial charge in [0.05, 0.1) is 5.56 Å². The first-order valence-corrected chi connectivity index (χ1v) is 6.01. The third-order valence-electron chi connectivity index (χ3n) is 2.87. The van der Waals surface area contributed by atoms with Crippen LogP contribution in [0.25, 0.3) is 0 Å². The molecule has 0 saturated carbocycles. The van der Waals surface area contributed by atoms with E-state index in [1.165, 1.54) is 31.7 Å². The summed E-state index contributed by atoms with van der Waals surface area (Å²) >= 11 is 0. The third-order valence-corrected chi connectivity index (χ3v) is 2.87. The molecule has 2 heterocycles. The summed E-state index contributed by atoms with van der Waals surface area (Å²) in [6.07, 6.45) is 7.56. The van der Waals surface area contributed by atoms with E-state index in [1.54, 1.807) is 0 Å². The van der Waals surface area contributed by atoms with Gasteiger partial charge in [0.2, 0.25) is 0 Å². The molecule has 1 aromatic heterocycles. The van der Waals surface area contributed by atoms with E-state index in [1.807, 2.05) is 0 Å². The van der Waals surface area contributed by atoms with Crippen molar-refractivity contribution in [3.63, 3.8) is 0 Å². The topological polar surface area (TPSA) is 55.3 Å². The molecule has 0 unspecified atom stereocenters. The fraction of sp³-hybridized carbons (Fsp3) is 0.583. The number of ether oxygens (including phenoxy) is 1. The van der Waals surface area contributed by atoms with Crippen molar-refractivity contribution in [1.29, 1.82) is 0 Å². The maximum Gasteiger partial charge on any atom is 0.316 e. The number of aldehydes is 1. The summed E-state index contributed by atoms with van der Waals surface area (Å²) in [4.78, 5) is 20.7. The van der Waals surface area contributed by atoms with E-state index in [-0.39, 0.29) is 0 Å². The maximum atomic E-state index is 10.4. The van der Waals surface area contributed by atoms with Crippen LogP contribution >= 0.6 is 0 Å². The van der Waals surface area contributed by atoms with Gasteiger partial charge in [0.25, 0.3) is 0 Å². The summed E-state index contributed by atoms with van der Waals surface area (Å²) in [5.74, 6) is 0. The fourth-order valence-electron chi connectivity index (χ4n) is 1.91. The number of piperidine rings is 1. The number of hydrogen-bond donors (Lipinski definition) is 0. The van der Waals surface area contributed by atoms with Gasteiger partial charge in [-0.2, -0.15) is 0 Å². The molecule has 0 aromatic carbocycles. The van der Waals surface area contributed by atoms with Crippen LogP contribution in [0.15, 0.2) is 12.4 Å². The van der Waals surface area contributed by atoms with Gasteiger partial charge in [0.15, 0.2) is 6.29 Å². The molecule has 17 heavy (non-hydrogen) atoms. The van der Waals surface area contributed by atoms with Gasteiger partial charge in [-0.1, -0.05) is 6.42 Å². The number of rotatable bonds is 5. The number of aromatic nitrogens is 2. The number of carbonyl (C=O) groups is 1. The van der Waals surface area contributed by atoms with Gasteiger partial charge in [-0.05, 0) is 25.9 Å². The Balaban J connectivity index is 1.71. The maximum absolute atomic E-state index is 10.4. The Hall–Kier alpha value is -1.49. The minimum absolute atomic E-state index is 0.340. The Kier molecular flexibility index (Phi) is 4.44. The molecule has 0 spiro atoms. The lowest BCUT2D eigenvalue weighted by Gasteiger charge is -2.25. The van der Waals surface area contributed by atoms with Crippen LogP contribution in [0, 0.1) is 0 Å². The summed E-state index contributed by atoms with van der Waals surface area (Å²) < 4.78 is 5.43. The summed E-state index contributed by atoms with van der Waals surface area (Å²) in [6, 6.07) is 0.340. The normalized spacial score (nSPS) is 16.7. The highest BCUT2D eigenvalue weighted by Crippen LogP contribution is 2.08. The van der Waals surface area contributed by atoms with Gasteiger partial charge >= 0.3 is 6.01 Å². The standard InChI is InChI=1S/C12H17N3O2/c16-10-11-8-13-12(14-9-11)17-7-6-15-4-2-1-3-5-15/h8-10H,1-7H2. The van der Waals surface area contributed by atoms with E-state index in [2.05, 4.69) is 14.9 Å². The molecule has 0 atom stereocenters. The lowest BCUT2D eigenvalue weighted by molar-refractivity contribution is 0.112. The Morgan fingerprint density at radius 3 is 2.59 bits per heavy atom. The summed E-state index contributed by atoms with van der Waals surface area (Å²) in [5, 5.41) is 0. The van der Waals surface area contributed by atoms with Gasteiger partial charge in [-0.25, -0.2) is 9.97 Å². The Bertz CT molecular complexity index is 347. The van der Waals surface area contributed by atoms with Crippen molar-refractivity contribution in [2.75, 3.05) is 26.2 Å². The molecule has 1 aliphatic rings. The van der Waals surface area contributed by atoms with E-state index >= 15 is 0 Å². The first-order chi connectivity index (χ1) is 8.38. The highest BCUT2D eigenvalue weighted by Gasteiger charge is 2.09. The molecule has 92 valence electrons. The molecular formula is C12H17N3O2. The molecule has 0 N–H and O–H groups in total. The van der Waals surface area contributed by atoms with Gasteiger partial charge in [0, 0.05) is 18.9 Å². The van der Waals surface area contributed by atoms with E-state index in [0.717, 1.165) is 25.9 Å². The molecule has 0 radical (unpaired) electrons. The number of likely N-dealkylation sites (tertiary alicyclic amines) is 1. The first kappa shape index (κ1) is 12.0. The molecule has 1 saturated heterocycles. The van der Waals surface area contributed by atoms with Crippen molar-refractivity contribution in [3.8, 4) is 6.01 Å². The van der Waals surface area contributed by atoms with Crippen molar-refractivity contribution in [3.05, 3.63) is 18.0 Å². The zero-order chi connectivity index (χ0) is 11.9. The van der Waals surface area contributed by atoms with Crippen LogP contribution in [0.5, 0.6) is 6.01 Å². The summed E-state index contributed by atoms with van der Waals surface area (Å²) in [6.45, 7) is 3.84. The second kappa shape index (κ2) is 6.30. The van der Waals surface area contributed by atoms with Gasteiger partial charge in [0.1, 0.15) is 6.61 Å². The van der Waals surface area contributed by atoms with Crippen molar-refractivity contribution >= 4 is 6.29 Å². The SMILES string of the molecule is O=Cc1cnc(OCCN2CCCCC2)nc1. The van der Waals surface area contributed by atoms with Crippen LogP contribution in [0.1, 0.15) is 29.6 Å². The number of hydrogen-bond acceptors (Lipinski definition) is 5. The molecule has 5 heteroatoms. The van der Waals surface area contributed by atoms with Gasteiger partial charge in [-0.3, -0.25) is 9.69 Å². The molecule has 2 rings (SSSR count). The van der Waals surface area contributed by atoms with Crippen LogP contribution in [0.2, 0.25) is 0 Å². The molecule has 1 fully saturated rings. The minimum Gasteiger partial charge on any atom is -0.462 e. The Labute approximate surface area is 101 Å². The Morgan fingerprint density at radius 2 is 1.94 bits per heavy atom. The summed E-state index contributed by atoms with van der Waals surface area (Å²) in [5.41, 5.74) is 0.466. The van der Waals surface area contributed by atoms with Crippen LogP contribution in [0.3, 0.4) is 0 Å². The molecule has 1 aliphatic heterocycles. The van der Waals surface area contributed by atoms with Gasteiger partial charge in [-0.15, -0.1) is 0 Å². The quantitative estimate of drug-likeness (QED) is 0.717. The van der Waals surface area contributed by atoms with Crippen LogP contribution < -0.4 is 4.74 Å². The second-order valence-electron chi connectivity index (χ2n) is 4.17. The molecular weight excluding hydrogens is 218 g/mol. The van der Waals surface area contributed by atoms with Crippen molar-refractivity contribution in [1.82, 2.24) is 14.9 Å². The zero-order valence-corrected chi connectivity index (χ0v) is 9.84. The highest BCUT2D eigenvalue weighted by molar-refractivity contribution is 5.73. The molecule has 0 amide bonds. The van der Waals surface area contributed by atoms with Crippen LogP contribution in [0.4, 0.5) is 0 Å². The zero-order valence-electron chi connectivity index (χ0n) is 9.84.